The highest BCUT2D eigenvalue weighted by molar-refractivity contribution is 5.91. The van der Waals surface area contributed by atoms with Crippen molar-refractivity contribution < 1.29 is 9.59 Å². The molecule has 0 spiro atoms. The first kappa shape index (κ1) is 16.4. The van der Waals surface area contributed by atoms with Gasteiger partial charge in [0.05, 0.1) is 5.92 Å². The van der Waals surface area contributed by atoms with Crippen LogP contribution >= 0.6 is 0 Å². The molecule has 5 nitrogen and oxygen atoms in total. The summed E-state index contributed by atoms with van der Waals surface area (Å²) in [5.41, 5.74) is 3.05. The molecule has 4 fully saturated rings. The van der Waals surface area contributed by atoms with Crippen LogP contribution in [0.5, 0.6) is 0 Å². The van der Waals surface area contributed by atoms with Gasteiger partial charge in [0.25, 0.3) is 0 Å². The van der Waals surface area contributed by atoms with E-state index in [4.69, 9.17) is 0 Å². The maximum absolute atomic E-state index is 12.8. The summed E-state index contributed by atoms with van der Waals surface area (Å²) in [5, 5.41) is 3.06. The summed E-state index contributed by atoms with van der Waals surface area (Å²) in [6, 6.07) is 6.19. The lowest BCUT2D eigenvalue weighted by atomic mass is 9.94. The van der Waals surface area contributed by atoms with Gasteiger partial charge in [-0.1, -0.05) is 12.1 Å². The Kier molecular flexibility index (Phi) is 4.18. The third-order valence-electron chi connectivity index (χ3n) is 5.87. The molecule has 25 heavy (non-hydrogen) atoms. The average Bonchev–Trinajstić information content (AvgIpc) is 3.41. The van der Waals surface area contributed by atoms with Crippen molar-refractivity contribution in [2.45, 2.75) is 45.6 Å². The van der Waals surface area contributed by atoms with Gasteiger partial charge in [0.15, 0.2) is 0 Å². The van der Waals surface area contributed by atoms with Crippen LogP contribution in [0.15, 0.2) is 18.2 Å². The highest BCUT2D eigenvalue weighted by atomic mass is 16.2. The number of rotatable bonds is 3. The molecule has 4 aliphatic rings. The minimum Gasteiger partial charge on any atom is -0.337 e. The quantitative estimate of drug-likeness (QED) is 0.918. The van der Waals surface area contributed by atoms with E-state index in [0.29, 0.717) is 19.0 Å². The zero-order chi connectivity index (χ0) is 17.6. The Morgan fingerprint density at radius 1 is 1.16 bits per heavy atom. The maximum Gasteiger partial charge on any atom is 0.321 e. The molecule has 3 heterocycles. The number of piperidine rings is 1. The number of urea groups is 1. The van der Waals surface area contributed by atoms with Crippen molar-refractivity contribution in [3.8, 4) is 0 Å². The number of amides is 3. The normalized spacial score (nSPS) is 25.9. The summed E-state index contributed by atoms with van der Waals surface area (Å²) >= 11 is 0. The number of carbonyl (C=O) groups is 2. The minimum atomic E-state index is -0.0772. The van der Waals surface area contributed by atoms with Crippen molar-refractivity contribution >= 4 is 17.6 Å². The van der Waals surface area contributed by atoms with Crippen LogP contribution in [0.25, 0.3) is 0 Å². The molecule has 0 unspecified atom stereocenters. The van der Waals surface area contributed by atoms with Gasteiger partial charge in [0.1, 0.15) is 0 Å². The van der Waals surface area contributed by atoms with Gasteiger partial charge in [-0.05, 0) is 62.6 Å². The standard InChI is InChI=1S/C20H27N3O2/c1-13-3-4-14(2)18(9-13)21-20(25)22-11-16-7-8-17(12-22)23(19(16)24)10-15-5-6-15/h3-4,9,15-17H,5-8,10-12H2,1-2H3,(H,21,25)/t16-,17+/m0/s1. The first-order valence-corrected chi connectivity index (χ1v) is 9.45. The Hall–Kier alpha value is -2.04. The fourth-order valence-electron chi connectivity index (χ4n) is 4.09. The predicted molar refractivity (Wildman–Crippen MR) is 97.5 cm³/mol. The van der Waals surface area contributed by atoms with Crippen LogP contribution in [-0.2, 0) is 4.79 Å². The maximum atomic E-state index is 12.8. The number of carbonyl (C=O) groups excluding carboxylic acids is 2. The molecule has 1 aromatic rings. The number of benzene rings is 1. The van der Waals surface area contributed by atoms with Crippen LogP contribution in [0.1, 0.15) is 36.8 Å². The lowest BCUT2D eigenvalue weighted by Crippen LogP contribution is -2.49. The number of hydrogen-bond acceptors (Lipinski definition) is 2. The van der Waals surface area contributed by atoms with E-state index in [-0.39, 0.29) is 23.9 Å². The van der Waals surface area contributed by atoms with Crippen LogP contribution in [0.2, 0.25) is 0 Å². The SMILES string of the molecule is Cc1ccc(C)c(NC(=O)N2C[C@@H]3CC[C@H](C2)N(CC2CC2)C3=O)c1. The molecule has 134 valence electrons. The number of hydrogen-bond donors (Lipinski definition) is 1. The lowest BCUT2D eigenvalue weighted by molar-refractivity contribution is -0.140. The summed E-state index contributed by atoms with van der Waals surface area (Å²) in [6.45, 7) is 6.13. The fourth-order valence-corrected chi connectivity index (χ4v) is 4.09. The smallest absolute Gasteiger partial charge is 0.321 e. The van der Waals surface area contributed by atoms with Crippen molar-refractivity contribution in [3.05, 3.63) is 29.3 Å². The van der Waals surface area contributed by atoms with Gasteiger partial charge in [0.2, 0.25) is 5.91 Å². The van der Waals surface area contributed by atoms with E-state index in [1.165, 1.54) is 12.8 Å². The molecule has 1 aromatic carbocycles. The van der Waals surface area contributed by atoms with Crippen LogP contribution < -0.4 is 5.32 Å². The molecule has 3 aliphatic heterocycles. The van der Waals surface area contributed by atoms with E-state index in [0.717, 1.165) is 36.2 Å². The predicted octanol–water partition coefficient (Wildman–Crippen LogP) is 3.17. The van der Waals surface area contributed by atoms with Crippen molar-refractivity contribution in [1.29, 1.82) is 0 Å². The minimum absolute atomic E-state index is 0.0261. The van der Waals surface area contributed by atoms with E-state index in [1.54, 1.807) is 0 Å². The van der Waals surface area contributed by atoms with Gasteiger partial charge in [-0.2, -0.15) is 0 Å². The molecule has 0 aromatic heterocycles. The van der Waals surface area contributed by atoms with Gasteiger partial charge < -0.3 is 15.1 Å². The molecular weight excluding hydrogens is 314 g/mol. The monoisotopic (exact) mass is 341 g/mol. The van der Waals surface area contributed by atoms with Crippen LogP contribution in [0.3, 0.4) is 0 Å². The van der Waals surface area contributed by atoms with Gasteiger partial charge in [-0.3, -0.25) is 4.79 Å². The number of nitrogens with one attached hydrogen (secondary N) is 1. The topological polar surface area (TPSA) is 52.7 Å². The number of nitrogens with zero attached hydrogens (tertiary/aromatic N) is 2. The molecule has 1 aliphatic carbocycles. The van der Waals surface area contributed by atoms with E-state index in [9.17, 15) is 9.59 Å². The highest BCUT2D eigenvalue weighted by Crippen LogP contribution is 2.35. The second-order valence-corrected chi connectivity index (χ2v) is 8.02. The van der Waals surface area contributed by atoms with Crippen molar-refractivity contribution in [3.63, 3.8) is 0 Å². The number of aryl methyl sites for hydroxylation is 2. The number of fused-ring (bicyclic) bond motifs is 4. The first-order chi connectivity index (χ1) is 12.0. The molecule has 5 heteroatoms. The molecule has 1 N–H and O–H groups in total. The molecular formula is C20H27N3O2. The summed E-state index contributed by atoms with van der Waals surface area (Å²) in [4.78, 5) is 29.5. The molecule has 1 saturated carbocycles. The van der Waals surface area contributed by atoms with Gasteiger partial charge in [-0.15, -0.1) is 0 Å². The summed E-state index contributed by atoms with van der Waals surface area (Å²) in [6.07, 6.45) is 4.43. The Labute approximate surface area is 149 Å². The molecule has 3 saturated heterocycles. The van der Waals surface area contributed by atoms with Crippen LogP contribution in [0.4, 0.5) is 10.5 Å². The zero-order valence-electron chi connectivity index (χ0n) is 15.1. The second kappa shape index (κ2) is 6.36. The lowest BCUT2D eigenvalue weighted by Gasteiger charge is -2.36. The average molecular weight is 341 g/mol. The van der Waals surface area contributed by atoms with Crippen molar-refractivity contribution in [2.75, 3.05) is 25.0 Å². The molecule has 0 radical (unpaired) electrons. The van der Waals surface area contributed by atoms with Gasteiger partial charge >= 0.3 is 6.03 Å². The van der Waals surface area contributed by atoms with E-state index < -0.39 is 0 Å². The summed E-state index contributed by atoms with van der Waals surface area (Å²) < 4.78 is 0. The number of anilines is 1. The first-order valence-electron chi connectivity index (χ1n) is 9.45. The van der Waals surface area contributed by atoms with Gasteiger partial charge in [0, 0.05) is 31.4 Å². The van der Waals surface area contributed by atoms with Crippen LogP contribution in [-0.4, -0.2) is 47.4 Å². The Balaban J connectivity index is 1.48. The zero-order valence-corrected chi connectivity index (χ0v) is 15.1. The molecule has 5 rings (SSSR count). The van der Waals surface area contributed by atoms with E-state index >= 15 is 0 Å². The van der Waals surface area contributed by atoms with E-state index in [2.05, 4.69) is 10.2 Å². The van der Waals surface area contributed by atoms with Crippen molar-refractivity contribution in [1.82, 2.24) is 9.80 Å². The van der Waals surface area contributed by atoms with Crippen molar-refractivity contribution in [2.24, 2.45) is 11.8 Å². The molecule has 3 amide bonds. The summed E-state index contributed by atoms with van der Waals surface area (Å²) in [7, 11) is 0. The second-order valence-electron chi connectivity index (χ2n) is 8.02. The van der Waals surface area contributed by atoms with Crippen LogP contribution in [0, 0.1) is 25.7 Å². The fraction of sp³-hybridized carbons (Fsp3) is 0.600. The van der Waals surface area contributed by atoms with E-state index in [1.807, 2.05) is 36.9 Å². The third-order valence-corrected chi connectivity index (χ3v) is 5.87. The largest absolute Gasteiger partial charge is 0.337 e. The molecule has 2 atom stereocenters. The summed E-state index contributed by atoms with van der Waals surface area (Å²) in [5.74, 6) is 0.938. The van der Waals surface area contributed by atoms with Gasteiger partial charge in [-0.25, -0.2) is 4.79 Å². The Morgan fingerprint density at radius 2 is 1.96 bits per heavy atom. The Morgan fingerprint density at radius 3 is 2.72 bits per heavy atom. The Bertz CT molecular complexity index is 698. The third kappa shape index (κ3) is 3.37. The highest BCUT2D eigenvalue weighted by Gasteiger charge is 2.43. The molecule has 2 bridgehead atoms.